The molecule has 0 aliphatic heterocycles. The molecule has 11 heteroatoms. The van der Waals surface area contributed by atoms with Gasteiger partial charge < -0.3 is 26.4 Å². The second-order valence-corrected chi connectivity index (χ2v) is 12.0. The molecule has 0 aromatic heterocycles. The predicted molar refractivity (Wildman–Crippen MR) is 197 cm³/mol. The number of aromatic hydroxyl groups is 1. The van der Waals surface area contributed by atoms with Crippen LogP contribution in [0, 0.1) is 24.2 Å². The molecular weight excluding hydrogens is 629 g/mol. The quantitative estimate of drug-likeness (QED) is 0.146. The van der Waals surface area contributed by atoms with E-state index in [1.807, 2.05) is 32.0 Å². The summed E-state index contributed by atoms with van der Waals surface area (Å²) in [5.41, 5.74) is 9.08. The molecule has 2 unspecified atom stereocenters. The highest BCUT2D eigenvalue weighted by molar-refractivity contribution is 6.07. The number of benzene rings is 1. The molecule has 0 bridgehead atoms. The zero-order chi connectivity index (χ0) is 36.8. The van der Waals surface area contributed by atoms with Gasteiger partial charge in [0.15, 0.2) is 0 Å². The van der Waals surface area contributed by atoms with Crippen LogP contribution in [0.2, 0.25) is 0 Å². The van der Waals surface area contributed by atoms with Crippen molar-refractivity contribution in [3.05, 3.63) is 83.8 Å². The van der Waals surface area contributed by atoms with Gasteiger partial charge in [-0.15, -0.1) is 0 Å². The van der Waals surface area contributed by atoms with Crippen LogP contribution in [0.4, 0.5) is 13.2 Å². The van der Waals surface area contributed by atoms with Crippen LogP contribution in [0.1, 0.15) is 84.8 Å². The number of halogens is 3. The van der Waals surface area contributed by atoms with Crippen molar-refractivity contribution in [3.63, 3.8) is 0 Å². The van der Waals surface area contributed by atoms with Crippen molar-refractivity contribution >= 4 is 17.3 Å². The molecule has 2 atom stereocenters. The van der Waals surface area contributed by atoms with Crippen molar-refractivity contribution in [2.45, 2.75) is 105 Å². The topological polar surface area (TPSA) is 127 Å². The number of rotatable bonds is 10. The number of alkyl halides is 3. The minimum Gasteiger partial charge on any atom is -0.507 e. The van der Waals surface area contributed by atoms with Gasteiger partial charge in [0.05, 0.1) is 6.07 Å². The average molecular weight is 687 g/mol. The molecule has 2 saturated carbocycles. The molecule has 49 heavy (non-hydrogen) atoms. The summed E-state index contributed by atoms with van der Waals surface area (Å²) in [5, 5.41) is 24.1. The van der Waals surface area contributed by atoms with E-state index in [1.54, 1.807) is 44.9 Å². The summed E-state index contributed by atoms with van der Waals surface area (Å²) >= 11 is 0. The first-order valence-electron chi connectivity index (χ1n) is 16.1. The lowest BCUT2D eigenvalue weighted by atomic mass is 9.85. The zero-order valence-electron chi connectivity index (χ0n) is 29.5. The van der Waals surface area contributed by atoms with Crippen molar-refractivity contribution in [3.8, 4) is 11.8 Å². The van der Waals surface area contributed by atoms with Gasteiger partial charge in [0.2, 0.25) is 5.91 Å². The Bertz CT molecular complexity index is 1430. The van der Waals surface area contributed by atoms with Crippen molar-refractivity contribution < 1.29 is 23.1 Å². The van der Waals surface area contributed by atoms with Crippen molar-refractivity contribution in [2.75, 3.05) is 14.1 Å². The number of nitrogens with one attached hydrogen (secondary N) is 2. The van der Waals surface area contributed by atoms with Gasteiger partial charge in [-0.25, -0.2) is 0 Å². The molecule has 1 aromatic rings. The Morgan fingerprint density at radius 3 is 2.12 bits per heavy atom. The lowest BCUT2D eigenvalue weighted by Gasteiger charge is -2.38. The van der Waals surface area contributed by atoms with E-state index >= 15 is 0 Å². The number of likely N-dealkylation sites (N-methyl/N-ethyl adjacent to an activating group) is 1. The molecule has 2 aliphatic carbocycles. The Balaban J connectivity index is 0.000000846. The zero-order valence-corrected chi connectivity index (χ0v) is 29.5. The molecule has 2 fully saturated rings. The van der Waals surface area contributed by atoms with Crippen LogP contribution in [0.3, 0.4) is 0 Å². The van der Waals surface area contributed by atoms with Crippen molar-refractivity contribution in [1.29, 1.82) is 5.26 Å². The fourth-order valence-corrected chi connectivity index (χ4v) is 5.42. The Kier molecular flexibility index (Phi) is 19.1. The minimum atomic E-state index is -4.50. The predicted octanol–water partition coefficient (Wildman–Crippen LogP) is 8.08. The van der Waals surface area contributed by atoms with Gasteiger partial charge in [0, 0.05) is 72.8 Å². The third-order valence-electron chi connectivity index (χ3n) is 8.19. The number of aliphatic imine (C=N–C) groups is 1. The fourth-order valence-electron chi connectivity index (χ4n) is 5.42. The number of hydrogen-bond acceptors (Lipinski definition) is 7. The van der Waals surface area contributed by atoms with E-state index < -0.39 is 11.9 Å². The van der Waals surface area contributed by atoms with Crippen LogP contribution in [-0.4, -0.2) is 60.0 Å². The molecule has 0 spiro atoms. The molecule has 1 aromatic carbocycles. The Morgan fingerprint density at radius 1 is 1.14 bits per heavy atom. The SMILES string of the molecule is C.C=C(C)C(=C)N(C)C(=C\C)/C(=C/C)C(=NC)C(F)(F)F.C=C(NC1CC(NC(=O)C2CCC(N)C2)C1)c1ccc(C)cc1O.CCC#N. The van der Waals surface area contributed by atoms with E-state index in [9.17, 15) is 23.1 Å². The summed E-state index contributed by atoms with van der Waals surface area (Å²) < 4.78 is 39.1. The van der Waals surface area contributed by atoms with Gasteiger partial charge in [0.25, 0.3) is 0 Å². The summed E-state index contributed by atoms with van der Waals surface area (Å²) in [4.78, 5) is 17.2. The average Bonchev–Trinajstić information content (AvgIpc) is 3.45. The first-order chi connectivity index (χ1) is 22.4. The Hall–Kier alpha value is -4.30. The smallest absolute Gasteiger partial charge is 0.433 e. The van der Waals surface area contributed by atoms with Gasteiger partial charge in [-0.1, -0.05) is 52.3 Å². The number of nitrogens with zero attached hydrogens (tertiary/aromatic N) is 3. The number of carbonyl (C=O) groups is 1. The monoisotopic (exact) mass is 686 g/mol. The molecule has 3 rings (SSSR count). The van der Waals surface area contributed by atoms with Crippen LogP contribution in [-0.2, 0) is 4.79 Å². The number of carbonyl (C=O) groups excluding carboxylic acids is 1. The number of aryl methyl sites for hydroxylation is 1. The maximum Gasteiger partial charge on any atom is 0.433 e. The lowest BCUT2D eigenvalue weighted by molar-refractivity contribution is -0.126. The number of hydrogen-bond donors (Lipinski definition) is 4. The second kappa shape index (κ2) is 20.9. The second-order valence-electron chi connectivity index (χ2n) is 12.0. The van der Waals surface area contributed by atoms with E-state index in [2.05, 4.69) is 35.4 Å². The first-order valence-corrected chi connectivity index (χ1v) is 16.1. The molecule has 8 nitrogen and oxygen atoms in total. The van der Waals surface area contributed by atoms with Crippen LogP contribution in [0.25, 0.3) is 5.70 Å². The summed E-state index contributed by atoms with van der Waals surface area (Å²) in [6, 6.07) is 8.19. The van der Waals surface area contributed by atoms with Gasteiger partial charge >= 0.3 is 6.18 Å². The van der Waals surface area contributed by atoms with E-state index in [0.29, 0.717) is 23.4 Å². The Morgan fingerprint density at radius 2 is 1.71 bits per heavy atom. The molecule has 2 aliphatic rings. The van der Waals surface area contributed by atoms with Crippen molar-refractivity contribution in [2.24, 2.45) is 16.6 Å². The summed E-state index contributed by atoms with van der Waals surface area (Å²) in [7, 11) is 2.78. The first kappa shape index (κ1) is 44.7. The molecule has 0 heterocycles. The van der Waals surface area contributed by atoms with Crippen molar-refractivity contribution in [1.82, 2.24) is 15.5 Å². The molecule has 1 amide bonds. The van der Waals surface area contributed by atoms with E-state index in [1.165, 1.54) is 6.08 Å². The van der Waals surface area contributed by atoms with Crippen LogP contribution in [0.15, 0.2) is 77.6 Å². The van der Waals surface area contributed by atoms with Gasteiger partial charge in [0.1, 0.15) is 11.5 Å². The van der Waals surface area contributed by atoms with Gasteiger partial charge in [-0.3, -0.25) is 9.79 Å². The highest BCUT2D eigenvalue weighted by Crippen LogP contribution is 2.31. The molecule has 0 saturated heterocycles. The van der Waals surface area contributed by atoms with Crippen LogP contribution in [0.5, 0.6) is 5.75 Å². The number of amides is 1. The maximum absolute atomic E-state index is 13.0. The summed E-state index contributed by atoms with van der Waals surface area (Å²) in [6.45, 7) is 20.3. The van der Waals surface area contributed by atoms with Crippen LogP contribution < -0.4 is 16.4 Å². The molecule has 272 valence electrons. The summed E-state index contributed by atoms with van der Waals surface area (Å²) in [5.74, 6) is 0.488. The number of phenolic OH excluding ortho intramolecular Hbond substituents is 1. The van der Waals surface area contributed by atoms with Gasteiger partial charge in [-0.2, -0.15) is 18.4 Å². The normalized spacial score (nSPS) is 20.4. The number of allylic oxidation sites excluding steroid dienone is 4. The standard InChI is InChI=1S/C19H27N3O2.C15H21F3N2.C3H5N.CH4/c1-11-3-6-17(18(23)7-11)12(2)21-15-9-16(10-15)22-19(24)13-4-5-14(20)8-13;1-8-12(14(19-6)15(16,17)18)13(9-2)20(7)11(5)10(3)4;1-2-3-4;/h3,6-7,13-16,21,23H,2,4-5,8-10,20H2,1H3,(H,22,24);8-9H,3,5H2,1-2,4,6-7H3;2H2,1H3;1H4/b;12-8-,13-9-,19-14?;;. The van der Waals surface area contributed by atoms with E-state index in [4.69, 9.17) is 11.0 Å². The lowest BCUT2D eigenvalue weighted by Crippen LogP contribution is -2.52. The third-order valence-corrected chi connectivity index (χ3v) is 8.19. The number of nitrogens with two attached hydrogens (primary N) is 1. The summed E-state index contributed by atoms with van der Waals surface area (Å²) in [6.07, 6.45) is 3.55. The largest absolute Gasteiger partial charge is 0.507 e. The molecule has 0 radical (unpaired) electrons. The van der Waals surface area contributed by atoms with Gasteiger partial charge in [-0.05, 0) is 83.1 Å². The number of nitriles is 1. The van der Waals surface area contributed by atoms with E-state index in [-0.39, 0.29) is 48.7 Å². The van der Waals surface area contributed by atoms with Crippen LogP contribution >= 0.6 is 0 Å². The third kappa shape index (κ3) is 13.6. The fraction of sp³-hybridized carbons (Fsp3) is 0.500. The highest BCUT2D eigenvalue weighted by atomic mass is 19.4. The number of phenols is 1. The highest BCUT2D eigenvalue weighted by Gasteiger charge is 2.39. The molecular formula is C38H57F3N6O2. The molecule has 5 N–H and O–H groups in total. The Labute approximate surface area is 292 Å². The maximum atomic E-state index is 13.0. The minimum absolute atomic E-state index is 0. The van der Waals surface area contributed by atoms with E-state index in [0.717, 1.165) is 56.0 Å².